The van der Waals surface area contributed by atoms with Crippen molar-refractivity contribution in [2.75, 3.05) is 6.54 Å². The van der Waals surface area contributed by atoms with E-state index in [4.69, 9.17) is 4.74 Å². The minimum absolute atomic E-state index is 0.117. The number of nitrogens with one attached hydrogen (secondary N) is 1. The zero-order chi connectivity index (χ0) is 17.6. The average Bonchev–Trinajstić information content (AvgIpc) is 2.44. The zero-order valence-corrected chi connectivity index (χ0v) is 13.9. The first-order chi connectivity index (χ1) is 10.6. The van der Waals surface area contributed by atoms with Crippen molar-refractivity contribution in [3.63, 3.8) is 0 Å². The molecular formula is C16H24N2O5. The fraction of sp³-hybridized carbons (Fsp3) is 0.562. The second-order valence-corrected chi connectivity index (χ2v) is 6.23. The van der Waals surface area contributed by atoms with Gasteiger partial charge in [0.1, 0.15) is 17.4 Å². The number of aliphatic hydroxyl groups is 2. The van der Waals surface area contributed by atoms with E-state index in [2.05, 4.69) is 10.3 Å². The molecule has 1 aromatic rings. The molecule has 1 rings (SSSR count). The Morgan fingerprint density at radius 2 is 1.96 bits per heavy atom. The van der Waals surface area contributed by atoms with Crippen molar-refractivity contribution in [3.8, 4) is 0 Å². The van der Waals surface area contributed by atoms with Crippen LogP contribution in [0.1, 0.15) is 56.4 Å². The fourth-order valence-electron chi connectivity index (χ4n) is 1.80. The number of ether oxygens (including phenoxy) is 1. The maximum Gasteiger partial charge on any atom is 0.407 e. The third-order valence-electron chi connectivity index (χ3n) is 2.91. The van der Waals surface area contributed by atoms with Crippen LogP contribution >= 0.6 is 0 Å². The van der Waals surface area contributed by atoms with Gasteiger partial charge in [0.2, 0.25) is 0 Å². The van der Waals surface area contributed by atoms with Gasteiger partial charge in [0, 0.05) is 13.5 Å². The number of Topliss-reactive ketones (excluding diaryl/α,β-unsaturated/α-hetero) is 1. The largest absolute Gasteiger partial charge is 0.444 e. The minimum Gasteiger partial charge on any atom is -0.444 e. The molecule has 128 valence electrons. The van der Waals surface area contributed by atoms with Gasteiger partial charge in [-0.3, -0.25) is 4.79 Å². The lowest BCUT2D eigenvalue weighted by atomic mass is 10.1. The summed E-state index contributed by atoms with van der Waals surface area (Å²) in [6.07, 6.45) is -2.84. The van der Waals surface area contributed by atoms with E-state index >= 15 is 0 Å². The Kier molecular flexibility index (Phi) is 6.65. The number of nitrogens with zero attached hydrogens (tertiary/aromatic N) is 1. The Labute approximate surface area is 135 Å². The normalized spacial score (nSPS) is 14.0. The minimum atomic E-state index is -1.24. The summed E-state index contributed by atoms with van der Waals surface area (Å²) in [4.78, 5) is 26.8. The number of pyridine rings is 1. The summed E-state index contributed by atoms with van der Waals surface area (Å²) in [5.41, 5.74) is -0.165. The third-order valence-corrected chi connectivity index (χ3v) is 2.91. The quantitative estimate of drug-likeness (QED) is 0.686. The van der Waals surface area contributed by atoms with Crippen LogP contribution in [-0.4, -0.2) is 45.3 Å². The molecule has 7 nitrogen and oxygen atoms in total. The van der Waals surface area contributed by atoms with E-state index in [9.17, 15) is 19.8 Å². The Hall–Kier alpha value is -1.99. The lowest BCUT2D eigenvalue weighted by Gasteiger charge is -2.21. The number of carbonyl (C=O) groups is 2. The topological polar surface area (TPSA) is 109 Å². The standard InChI is InChI=1S/C16H24N2O5/c1-10(19)11-6-5-7-12(18-11)14(21)13(20)8-9-17-15(22)23-16(2,3)4/h5-7,13-14,20-21H,8-9H2,1-4H3,(H,17,22). The molecule has 0 fully saturated rings. The summed E-state index contributed by atoms with van der Waals surface area (Å²) in [7, 11) is 0. The first kappa shape index (κ1) is 19.1. The molecule has 0 aliphatic heterocycles. The third kappa shape index (κ3) is 6.75. The highest BCUT2D eigenvalue weighted by atomic mass is 16.6. The van der Waals surface area contributed by atoms with Crippen molar-refractivity contribution in [1.82, 2.24) is 10.3 Å². The second kappa shape index (κ2) is 8.03. The molecule has 1 aromatic heterocycles. The number of hydrogen-bond acceptors (Lipinski definition) is 6. The summed E-state index contributed by atoms with van der Waals surface area (Å²) in [6.45, 7) is 6.76. The van der Waals surface area contributed by atoms with Crippen molar-refractivity contribution in [3.05, 3.63) is 29.6 Å². The van der Waals surface area contributed by atoms with Crippen molar-refractivity contribution < 1.29 is 24.5 Å². The first-order valence-corrected chi connectivity index (χ1v) is 7.41. The number of alkyl carbamates (subject to hydrolysis) is 1. The molecule has 0 aliphatic carbocycles. The highest BCUT2D eigenvalue weighted by molar-refractivity contribution is 5.92. The van der Waals surface area contributed by atoms with E-state index in [0.717, 1.165) is 0 Å². The van der Waals surface area contributed by atoms with Crippen LogP contribution in [0.15, 0.2) is 18.2 Å². The van der Waals surface area contributed by atoms with Crippen LogP contribution in [0.5, 0.6) is 0 Å². The van der Waals surface area contributed by atoms with Crippen molar-refractivity contribution in [2.24, 2.45) is 0 Å². The van der Waals surface area contributed by atoms with Crippen LogP contribution in [0.4, 0.5) is 4.79 Å². The van der Waals surface area contributed by atoms with Crippen molar-refractivity contribution in [1.29, 1.82) is 0 Å². The predicted octanol–water partition coefficient (Wildman–Crippen LogP) is 1.59. The van der Waals surface area contributed by atoms with Crippen LogP contribution in [-0.2, 0) is 4.74 Å². The van der Waals surface area contributed by atoms with Crippen LogP contribution in [0.3, 0.4) is 0 Å². The SMILES string of the molecule is CC(=O)c1cccc(C(O)C(O)CCNC(=O)OC(C)(C)C)n1. The average molecular weight is 324 g/mol. The van der Waals surface area contributed by atoms with E-state index in [0.29, 0.717) is 0 Å². The molecule has 0 saturated carbocycles. The molecule has 7 heteroatoms. The number of aliphatic hydroxyl groups excluding tert-OH is 2. The van der Waals surface area contributed by atoms with Crippen LogP contribution < -0.4 is 5.32 Å². The van der Waals surface area contributed by atoms with E-state index < -0.39 is 23.9 Å². The van der Waals surface area contributed by atoms with E-state index in [-0.39, 0.29) is 30.1 Å². The van der Waals surface area contributed by atoms with Crippen molar-refractivity contribution in [2.45, 2.75) is 51.9 Å². The molecule has 3 N–H and O–H groups in total. The van der Waals surface area contributed by atoms with E-state index in [1.165, 1.54) is 19.1 Å². The molecule has 23 heavy (non-hydrogen) atoms. The van der Waals surface area contributed by atoms with Crippen molar-refractivity contribution >= 4 is 11.9 Å². The summed E-state index contributed by atoms with van der Waals surface area (Å²) >= 11 is 0. The fourth-order valence-corrected chi connectivity index (χ4v) is 1.80. The van der Waals surface area contributed by atoms with Gasteiger partial charge in [-0.15, -0.1) is 0 Å². The molecule has 0 spiro atoms. The van der Waals surface area contributed by atoms with Gasteiger partial charge in [-0.25, -0.2) is 9.78 Å². The van der Waals surface area contributed by atoms with Gasteiger partial charge in [0.15, 0.2) is 5.78 Å². The molecule has 0 bridgehead atoms. The van der Waals surface area contributed by atoms with Gasteiger partial charge in [0.05, 0.1) is 11.8 Å². The Bertz CT molecular complexity index is 554. The molecule has 2 unspecified atom stereocenters. The number of ketones is 1. The molecule has 0 saturated heterocycles. The number of amides is 1. The van der Waals surface area contributed by atoms with Crippen LogP contribution in [0, 0.1) is 0 Å². The van der Waals surface area contributed by atoms with Gasteiger partial charge in [-0.1, -0.05) is 6.07 Å². The first-order valence-electron chi connectivity index (χ1n) is 7.41. The molecule has 0 aromatic carbocycles. The molecule has 2 atom stereocenters. The highest BCUT2D eigenvalue weighted by Gasteiger charge is 2.21. The Balaban J connectivity index is 2.51. The molecular weight excluding hydrogens is 300 g/mol. The van der Waals surface area contributed by atoms with E-state index in [1.54, 1.807) is 26.8 Å². The summed E-state index contributed by atoms with van der Waals surface area (Å²) < 4.78 is 5.06. The van der Waals surface area contributed by atoms with Gasteiger partial charge in [0.25, 0.3) is 0 Å². The van der Waals surface area contributed by atoms with Crippen LogP contribution in [0.2, 0.25) is 0 Å². The highest BCUT2D eigenvalue weighted by Crippen LogP contribution is 2.17. The summed E-state index contributed by atoms with van der Waals surface area (Å²) in [6, 6.07) is 4.66. The predicted molar refractivity (Wildman–Crippen MR) is 84.1 cm³/mol. The number of aromatic nitrogens is 1. The Morgan fingerprint density at radius 3 is 2.52 bits per heavy atom. The van der Waals surface area contributed by atoms with Gasteiger partial charge in [-0.2, -0.15) is 0 Å². The maximum absolute atomic E-state index is 11.5. The lowest BCUT2D eigenvalue weighted by Crippen LogP contribution is -2.34. The van der Waals surface area contributed by atoms with Gasteiger partial charge >= 0.3 is 6.09 Å². The molecule has 1 heterocycles. The van der Waals surface area contributed by atoms with Gasteiger partial charge in [-0.05, 0) is 39.3 Å². The number of hydrogen-bond donors (Lipinski definition) is 3. The monoisotopic (exact) mass is 324 g/mol. The van der Waals surface area contributed by atoms with Gasteiger partial charge < -0.3 is 20.3 Å². The van der Waals surface area contributed by atoms with Crippen LogP contribution in [0.25, 0.3) is 0 Å². The summed E-state index contributed by atoms with van der Waals surface area (Å²) in [5.74, 6) is -0.222. The smallest absolute Gasteiger partial charge is 0.407 e. The number of rotatable bonds is 6. The second-order valence-electron chi connectivity index (χ2n) is 6.23. The number of carbonyl (C=O) groups excluding carboxylic acids is 2. The zero-order valence-electron chi connectivity index (χ0n) is 13.9. The molecule has 1 amide bonds. The maximum atomic E-state index is 11.5. The summed E-state index contributed by atoms with van der Waals surface area (Å²) in [5, 5.41) is 22.6. The Morgan fingerprint density at radius 1 is 1.30 bits per heavy atom. The molecule has 0 radical (unpaired) electrons. The lowest BCUT2D eigenvalue weighted by molar-refractivity contribution is 0.00984. The molecule has 0 aliphatic rings. The van der Waals surface area contributed by atoms with E-state index in [1.807, 2.05) is 0 Å².